The highest BCUT2D eigenvalue weighted by atomic mass is 16.3. The summed E-state index contributed by atoms with van der Waals surface area (Å²) in [5.74, 6) is -7.29. The van der Waals surface area contributed by atoms with Crippen molar-refractivity contribution >= 4 is 23.2 Å². The number of pyridine rings is 1. The van der Waals surface area contributed by atoms with Crippen molar-refractivity contribution in [3.63, 3.8) is 0 Å². The van der Waals surface area contributed by atoms with Crippen LogP contribution in [0, 0.1) is 17.8 Å². The number of aliphatic hydroxyl groups excluding tert-OH is 2. The Kier molecular flexibility index (Phi) is 5.42. The van der Waals surface area contributed by atoms with Crippen LogP contribution in [0.5, 0.6) is 5.75 Å². The zero-order valence-corrected chi connectivity index (χ0v) is 19.8. The van der Waals surface area contributed by atoms with E-state index in [9.17, 15) is 34.8 Å². The number of aromatic hydroxyl groups is 1. The molecule has 6 N–H and O–H groups in total. The highest BCUT2D eigenvalue weighted by molar-refractivity contribution is 6.17. The first-order valence-electron chi connectivity index (χ1n) is 11.7. The summed E-state index contributed by atoms with van der Waals surface area (Å²) in [5.41, 5.74) is 4.71. The molecule has 1 heterocycles. The number of phenolic OH excluding ortho intramolecular Hbond substituents is 1. The molecule has 3 aliphatic carbocycles. The van der Waals surface area contributed by atoms with Gasteiger partial charge in [0.2, 0.25) is 5.91 Å². The van der Waals surface area contributed by atoms with Gasteiger partial charge in [0, 0.05) is 37.3 Å². The first-order valence-corrected chi connectivity index (χ1v) is 11.7. The summed E-state index contributed by atoms with van der Waals surface area (Å²) in [6.07, 6.45) is 0.396. The third-order valence-electron chi connectivity index (χ3n) is 7.79. The second kappa shape index (κ2) is 8.14. The molecule has 0 bridgehead atoms. The molecule has 0 spiro atoms. The number of primary amides is 1. The van der Waals surface area contributed by atoms with E-state index in [-0.39, 0.29) is 36.1 Å². The number of carbonyl (C=O) groups excluding carboxylic acids is 3. The number of hydrogen-bond donors (Lipinski definition) is 5. The summed E-state index contributed by atoms with van der Waals surface area (Å²) >= 11 is 0. The number of nitrogens with two attached hydrogens (primary N) is 1. The van der Waals surface area contributed by atoms with Gasteiger partial charge in [0.15, 0.2) is 17.2 Å². The third-order valence-corrected chi connectivity index (χ3v) is 7.79. The maximum atomic E-state index is 13.9. The quantitative estimate of drug-likeness (QED) is 0.389. The second-order valence-corrected chi connectivity index (χ2v) is 9.99. The highest BCUT2D eigenvalue weighted by Gasteiger charge is 2.62. The lowest BCUT2D eigenvalue weighted by Crippen LogP contribution is -2.63. The Morgan fingerprint density at radius 1 is 1.19 bits per heavy atom. The van der Waals surface area contributed by atoms with Gasteiger partial charge < -0.3 is 31.1 Å². The van der Waals surface area contributed by atoms with Gasteiger partial charge >= 0.3 is 0 Å². The molecule has 0 saturated heterocycles. The lowest BCUT2D eigenvalue weighted by Gasteiger charge is -2.48. The van der Waals surface area contributed by atoms with Gasteiger partial charge in [-0.15, -0.1) is 0 Å². The van der Waals surface area contributed by atoms with E-state index in [1.807, 2.05) is 6.07 Å². The fourth-order valence-corrected chi connectivity index (χ4v) is 6.07. The van der Waals surface area contributed by atoms with Gasteiger partial charge in [0.05, 0.1) is 23.0 Å². The van der Waals surface area contributed by atoms with Crippen LogP contribution in [0.1, 0.15) is 28.8 Å². The zero-order valence-electron chi connectivity index (χ0n) is 19.8. The van der Waals surface area contributed by atoms with Gasteiger partial charge in [-0.05, 0) is 48.9 Å². The average Bonchev–Trinajstić information content (AvgIpc) is 2.81. The Balaban J connectivity index is 1.73. The number of aromatic nitrogens is 1. The molecule has 1 aromatic carbocycles. The Morgan fingerprint density at radius 3 is 2.53 bits per heavy atom. The van der Waals surface area contributed by atoms with E-state index in [1.54, 1.807) is 43.4 Å². The van der Waals surface area contributed by atoms with Gasteiger partial charge in [-0.25, -0.2) is 0 Å². The van der Waals surface area contributed by atoms with Gasteiger partial charge in [-0.3, -0.25) is 19.4 Å². The van der Waals surface area contributed by atoms with Crippen LogP contribution in [0.2, 0.25) is 0 Å². The number of ketones is 2. The molecule has 1 saturated carbocycles. The first-order chi connectivity index (χ1) is 17.0. The van der Waals surface area contributed by atoms with Crippen LogP contribution in [-0.4, -0.2) is 68.7 Å². The number of benzene rings is 1. The number of phenols is 1. The van der Waals surface area contributed by atoms with Crippen LogP contribution in [0.3, 0.4) is 0 Å². The standard InChI is InChI=1S/C26H27N3O7/c1-29(2)16-10-13(15-5-3-4-6-28-15)14-8-11-7-12-9-17(30)20(25(27)35)24(34)26(12,36)23(33)18(11)22(32)19(14)21(16)31/h3-6,10-12,17,20,30-31,33,36H,7-9H2,1-2H3,(H2,27,35)/t11-,12+,17?,20?,26+/m1/s1. The summed E-state index contributed by atoms with van der Waals surface area (Å²) in [6.45, 7) is 0. The van der Waals surface area contributed by atoms with Gasteiger partial charge in [-0.2, -0.15) is 0 Å². The van der Waals surface area contributed by atoms with E-state index in [1.165, 1.54) is 0 Å². The lowest BCUT2D eigenvalue weighted by molar-refractivity contribution is -0.167. The Morgan fingerprint density at radius 2 is 1.92 bits per heavy atom. The number of hydrogen-bond acceptors (Lipinski definition) is 9. The molecule has 5 rings (SSSR count). The normalized spacial score (nSPS) is 29.3. The smallest absolute Gasteiger partial charge is 0.230 e. The minimum Gasteiger partial charge on any atom is -0.508 e. The number of allylic oxidation sites excluding steroid dienone is 1. The van der Waals surface area contributed by atoms with Crippen LogP contribution in [0.25, 0.3) is 11.3 Å². The number of aliphatic hydroxyl groups is 3. The number of fused-ring (bicyclic) bond motifs is 3. The highest BCUT2D eigenvalue weighted by Crippen LogP contribution is 2.53. The maximum Gasteiger partial charge on any atom is 0.230 e. The molecule has 2 unspecified atom stereocenters. The van der Waals surface area contributed by atoms with Crippen LogP contribution in [-0.2, 0) is 16.0 Å². The van der Waals surface area contributed by atoms with Gasteiger partial charge in [0.1, 0.15) is 17.4 Å². The molecule has 5 atom stereocenters. The molecule has 36 heavy (non-hydrogen) atoms. The van der Waals surface area contributed by atoms with E-state index in [4.69, 9.17) is 5.73 Å². The van der Waals surface area contributed by atoms with Gasteiger partial charge in [0.25, 0.3) is 0 Å². The number of amides is 1. The second-order valence-electron chi connectivity index (χ2n) is 9.99. The fraction of sp³-hybridized carbons (Fsp3) is 0.385. The monoisotopic (exact) mass is 493 g/mol. The molecule has 0 radical (unpaired) electrons. The maximum absolute atomic E-state index is 13.9. The topological polar surface area (TPSA) is 174 Å². The minimum atomic E-state index is -2.53. The van der Waals surface area contributed by atoms with E-state index < -0.39 is 52.7 Å². The van der Waals surface area contributed by atoms with Crippen molar-refractivity contribution in [3.05, 3.63) is 52.9 Å². The number of Topliss-reactive ketones (excluding diaryl/α,β-unsaturated/α-hetero) is 2. The molecular formula is C26H27N3O7. The molecular weight excluding hydrogens is 466 g/mol. The molecule has 10 heteroatoms. The lowest BCUT2D eigenvalue weighted by atomic mass is 9.57. The van der Waals surface area contributed by atoms with Crippen LogP contribution < -0.4 is 10.6 Å². The number of rotatable bonds is 3. The summed E-state index contributed by atoms with van der Waals surface area (Å²) in [5, 5.41) is 44.2. The SMILES string of the molecule is CN(C)c1cc(-c2ccccn2)c2c(c1O)C(=O)C1=C(O)[C@]3(O)C(=O)C(C(N)=O)C(O)C[C@@H]3C[C@@H]1C2. The summed E-state index contributed by atoms with van der Waals surface area (Å²) in [7, 11) is 3.42. The van der Waals surface area contributed by atoms with Crippen LogP contribution >= 0.6 is 0 Å². The molecule has 10 nitrogen and oxygen atoms in total. The zero-order chi connectivity index (χ0) is 26.1. The Hall–Kier alpha value is -3.76. The van der Waals surface area contributed by atoms with Crippen molar-refractivity contribution in [1.82, 2.24) is 4.98 Å². The van der Waals surface area contributed by atoms with Gasteiger partial charge in [-0.1, -0.05) is 6.07 Å². The Bertz CT molecular complexity index is 1340. The average molecular weight is 494 g/mol. The number of carbonyl (C=O) groups is 3. The van der Waals surface area contributed by atoms with E-state index in [0.717, 1.165) is 0 Å². The largest absolute Gasteiger partial charge is 0.508 e. The molecule has 1 amide bonds. The fourth-order valence-electron chi connectivity index (χ4n) is 6.07. The molecule has 2 aromatic rings. The van der Waals surface area contributed by atoms with E-state index in [2.05, 4.69) is 4.98 Å². The molecule has 188 valence electrons. The van der Waals surface area contributed by atoms with Crippen molar-refractivity contribution in [2.45, 2.75) is 31.0 Å². The molecule has 1 fully saturated rings. The predicted octanol–water partition coefficient (Wildman–Crippen LogP) is 0.873. The van der Waals surface area contributed by atoms with Crippen LogP contribution in [0.4, 0.5) is 5.69 Å². The Labute approximate surface area is 206 Å². The number of anilines is 1. The van der Waals surface area contributed by atoms with Crippen molar-refractivity contribution in [3.8, 4) is 17.0 Å². The predicted molar refractivity (Wildman–Crippen MR) is 128 cm³/mol. The summed E-state index contributed by atoms with van der Waals surface area (Å²) in [6, 6.07) is 7.12. The van der Waals surface area contributed by atoms with Crippen LogP contribution in [0.15, 0.2) is 41.8 Å². The first kappa shape index (κ1) is 24.0. The van der Waals surface area contributed by atoms with E-state index in [0.29, 0.717) is 22.5 Å². The summed E-state index contributed by atoms with van der Waals surface area (Å²) < 4.78 is 0. The van der Waals surface area contributed by atoms with Crippen molar-refractivity contribution in [2.75, 3.05) is 19.0 Å². The molecule has 1 aromatic heterocycles. The van der Waals surface area contributed by atoms with Crippen molar-refractivity contribution in [1.29, 1.82) is 0 Å². The summed E-state index contributed by atoms with van der Waals surface area (Å²) in [4.78, 5) is 44.9. The molecule has 3 aliphatic rings. The van der Waals surface area contributed by atoms with Crippen molar-refractivity contribution < 1.29 is 34.8 Å². The minimum absolute atomic E-state index is 0.0311. The third kappa shape index (κ3) is 3.17. The van der Waals surface area contributed by atoms with Crippen molar-refractivity contribution in [2.24, 2.45) is 23.5 Å². The molecule has 0 aliphatic heterocycles. The van der Waals surface area contributed by atoms with E-state index >= 15 is 0 Å². The number of nitrogens with zero attached hydrogens (tertiary/aromatic N) is 2.